The van der Waals surface area contributed by atoms with Crippen molar-refractivity contribution in [1.29, 1.82) is 5.26 Å². The number of aryl methyl sites for hydroxylation is 1. The van der Waals surface area contributed by atoms with E-state index >= 15 is 0 Å². The smallest absolute Gasteiger partial charge is 0.249 e. The third-order valence-corrected chi connectivity index (χ3v) is 4.97. The van der Waals surface area contributed by atoms with Crippen LogP contribution in [0.5, 0.6) is 0 Å². The average Bonchev–Trinajstić information content (AvgIpc) is 3.28. The van der Waals surface area contributed by atoms with Gasteiger partial charge in [0, 0.05) is 21.9 Å². The first-order chi connectivity index (χ1) is 13.2. The fourth-order valence-corrected chi connectivity index (χ4v) is 3.71. The number of H-pyrrole nitrogens is 1. The molecule has 0 radical (unpaired) electrons. The molecule has 0 aliphatic rings. The molecule has 0 atom stereocenters. The molecule has 0 saturated carbocycles. The van der Waals surface area contributed by atoms with E-state index < -0.39 is 0 Å². The second kappa shape index (κ2) is 5.86. The van der Waals surface area contributed by atoms with Crippen molar-refractivity contribution >= 4 is 21.8 Å². The number of fused-ring (bicyclic) bond motifs is 3. The minimum absolute atomic E-state index is 0.666. The number of aromatic nitrogens is 3. The van der Waals surface area contributed by atoms with Crippen LogP contribution in [0.15, 0.2) is 79.3 Å². The molecule has 4 nitrogen and oxygen atoms in total. The summed E-state index contributed by atoms with van der Waals surface area (Å²) in [5.41, 5.74) is 6.17. The molecule has 0 aliphatic carbocycles. The third-order valence-electron chi connectivity index (χ3n) is 4.97. The van der Waals surface area contributed by atoms with Crippen molar-refractivity contribution in [1.82, 2.24) is 9.55 Å². The normalized spacial score (nSPS) is 11.1. The summed E-state index contributed by atoms with van der Waals surface area (Å²) < 4.78 is 4.24. The summed E-state index contributed by atoms with van der Waals surface area (Å²) in [5.74, 6) is 0. The van der Waals surface area contributed by atoms with Crippen LogP contribution in [0.2, 0.25) is 0 Å². The zero-order valence-corrected chi connectivity index (χ0v) is 14.8. The van der Waals surface area contributed by atoms with E-state index in [9.17, 15) is 0 Å². The second-order valence-corrected chi connectivity index (χ2v) is 6.72. The maximum atomic E-state index is 9.06. The highest BCUT2D eigenvalue weighted by Crippen LogP contribution is 2.31. The number of nitrogens with zero attached hydrogens (tertiary/aromatic N) is 3. The van der Waals surface area contributed by atoms with Crippen molar-refractivity contribution in [3.63, 3.8) is 0 Å². The molecule has 3 aromatic carbocycles. The first-order valence-electron chi connectivity index (χ1n) is 8.82. The molecular weight excluding hydrogens is 332 g/mol. The molecule has 0 amide bonds. The van der Waals surface area contributed by atoms with Crippen LogP contribution in [0.3, 0.4) is 0 Å². The molecule has 0 bridgehead atoms. The molecule has 1 N–H and O–H groups in total. The first-order valence-corrected chi connectivity index (χ1v) is 8.82. The number of para-hydroxylation sites is 2. The highest BCUT2D eigenvalue weighted by Gasteiger charge is 2.19. The Bertz CT molecular complexity index is 1330. The molecular formula is C23H17N4+. The van der Waals surface area contributed by atoms with Crippen LogP contribution in [0, 0.1) is 11.3 Å². The van der Waals surface area contributed by atoms with Crippen LogP contribution in [-0.2, 0) is 7.05 Å². The third kappa shape index (κ3) is 2.41. The lowest BCUT2D eigenvalue weighted by Gasteiger charge is -2.03. The Kier molecular flexibility index (Phi) is 3.34. The quantitative estimate of drug-likeness (QED) is 0.470. The van der Waals surface area contributed by atoms with Crippen molar-refractivity contribution in [2.75, 3.05) is 0 Å². The van der Waals surface area contributed by atoms with Crippen molar-refractivity contribution in [2.24, 2.45) is 7.05 Å². The Morgan fingerprint density at radius 3 is 2.52 bits per heavy atom. The standard InChI is InChI=1S/C23H17N4/c1-26-14-22(17-11-9-16(13-24)10-12-17)27(15-26)21-8-4-6-19-18-5-2-3-7-20(18)25-23(19)21/h2-12,14-15,25H,1H3/q+1. The van der Waals surface area contributed by atoms with Crippen LogP contribution >= 0.6 is 0 Å². The van der Waals surface area contributed by atoms with E-state index in [0.29, 0.717) is 5.56 Å². The first kappa shape index (κ1) is 15.4. The van der Waals surface area contributed by atoms with E-state index in [4.69, 9.17) is 5.26 Å². The summed E-state index contributed by atoms with van der Waals surface area (Å²) in [6.07, 6.45) is 4.18. The van der Waals surface area contributed by atoms with E-state index in [2.05, 4.69) is 75.2 Å². The summed E-state index contributed by atoms with van der Waals surface area (Å²) >= 11 is 0. The Morgan fingerprint density at radius 1 is 0.926 bits per heavy atom. The van der Waals surface area contributed by atoms with Gasteiger partial charge in [-0.15, -0.1) is 0 Å². The fourth-order valence-electron chi connectivity index (χ4n) is 3.71. The van der Waals surface area contributed by atoms with Crippen molar-refractivity contribution in [3.05, 3.63) is 84.8 Å². The number of hydrogen-bond donors (Lipinski definition) is 1. The van der Waals surface area contributed by atoms with Crippen LogP contribution in [0.1, 0.15) is 5.56 Å². The molecule has 2 aromatic heterocycles. The molecule has 128 valence electrons. The SMILES string of the molecule is C[n+]1cc(-c2ccc(C#N)cc2)n(-c2cccc3c2[nH]c2ccccc23)c1. The summed E-state index contributed by atoms with van der Waals surface area (Å²) in [7, 11) is 2.02. The van der Waals surface area contributed by atoms with Gasteiger partial charge >= 0.3 is 0 Å². The van der Waals surface area contributed by atoms with Gasteiger partial charge in [-0.1, -0.05) is 30.3 Å². The van der Waals surface area contributed by atoms with E-state index in [0.717, 1.165) is 28.0 Å². The van der Waals surface area contributed by atoms with Gasteiger partial charge in [0.25, 0.3) is 0 Å². The van der Waals surface area contributed by atoms with Gasteiger partial charge in [0.1, 0.15) is 6.20 Å². The van der Waals surface area contributed by atoms with Crippen LogP contribution < -0.4 is 4.57 Å². The minimum Gasteiger partial charge on any atom is -0.351 e. The lowest BCUT2D eigenvalue weighted by Crippen LogP contribution is -2.23. The van der Waals surface area contributed by atoms with Gasteiger partial charge in [0.2, 0.25) is 6.33 Å². The number of hydrogen-bond acceptors (Lipinski definition) is 1. The maximum Gasteiger partial charge on any atom is 0.249 e. The number of rotatable bonds is 2. The van der Waals surface area contributed by atoms with Crippen LogP contribution in [0.25, 0.3) is 38.8 Å². The zero-order chi connectivity index (χ0) is 18.4. The predicted octanol–water partition coefficient (Wildman–Crippen LogP) is 4.47. The Morgan fingerprint density at radius 2 is 1.70 bits per heavy atom. The van der Waals surface area contributed by atoms with Gasteiger partial charge < -0.3 is 4.98 Å². The summed E-state index contributed by atoms with van der Waals surface area (Å²) in [5, 5.41) is 11.5. The fraction of sp³-hybridized carbons (Fsp3) is 0.0435. The second-order valence-electron chi connectivity index (χ2n) is 6.72. The molecule has 5 aromatic rings. The van der Waals surface area contributed by atoms with Gasteiger partial charge in [-0.3, -0.25) is 0 Å². The molecule has 2 heterocycles. The molecule has 0 saturated heterocycles. The number of nitrogens with one attached hydrogen (secondary N) is 1. The molecule has 0 fully saturated rings. The number of imidazole rings is 1. The van der Waals surface area contributed by atoms with Crippen molar-refractivity contribution in [3.8, 4) is 23.0 Å². The zero-order valence-electron chi connectivity index (χ0n) is 14.8. The lowest BCUT2D eigenvalue weighted by molar-refractivity contribution is -0.670. The Labute approximate surface area is 156 Å². The Hall–Kier alpha value is -3.84. The highest BCUT2D eigenvalue weighted by atomic mass is 15.1. The summed E-state index contributed by atoms with van der Waals surface area (Å²) in [6.45, 7) is 0. The van der Waals surface area contributed by atoms with Crippen molar-refractivity contribution in [2.45, 2.75) is 0 Å². The summed E-state index contributed by atoms with van der Waals surface area (Å²) in [4.78, 5) is 3.58. The number of aromatic amines is 1. The van der Waals surface area contributed by atoms with E-state index in [1.165, 1.54) is 10.8 Å². The number of nitriles is 1. The topological polar surface area (TPSA) is 48.4 Å². The molecule has 0 spiro atoms. The Balaban J connectivity index is 1.77. The lowest BCUT2D eigenvalue weighted by atomic mass is 10.1. The van der Waals surface area contributed by atoms with Gasteiger partial charge in [-0.25, -0.2) is 4.57 Å². The largest absolute Gasteiger partial charge is 0.351 e. The van der Waals surface area contributed by atoms with E-state index in [1.54, 1.807) is 0 Å². The van der Waals surface area contributed by atoms with Gasteiger partial charge in [0.15, 0.2) is 11.4 Å². The molecule has 5 rings (SSSR count). The van der Waals surface area contributed by atoms with E-state index in [1.807, 2.05) is 31.3 Å². The molecule has 4 heteroatoms. The van der Waals surface area contributed by atoms with Crippen LogP contribution in [-0.4, -0.2) is 9.55 Å². The van der Waals surface area contributed by atoms with Gasteiger partial charge in [-0.2, -0.15) is 9.83 Å². The molecule has 0 unspecified atom stereocenters. The average molecular weight is 349 g/mol. The minimum atomic E-state index is 0.666. The maximum absolute atomic E-state index is 9.06. The van der Waals surface area contributed by atoms with Gasteiger partial charge in [0.05, 0.1) is 24.2 Å². The van der Waals surface area contributed by atoms with Crippen LogP contribution in [0.4, 0.5) is 0 Å². The van der Waals surface area contributed by atoms with E-state index in [-0.39, 0.29) is 0 Å². The molecule has 27 heavy (non-hydrogen) atoms. The van der Waals surface area contributed by atoms with Gasteiger partial charge in [-0.05, 0) is 36.4 Å². The predicted molar refractivity (Wildman–Crippen MR) is 106 cm³/mol. The van der Waals surface area contributed by atoms with Crippen molar-refractivity contribution < 1.29 is 4.57 Å². The summed E-state index contributed by atoms with van der Waals surface area (Å²) in [6, 6.07) is 24.6. The highest BCUT2D eigenvalue weighted by molar-refractivity contribution is 6.09. The monoisotopic (exact) mass is 349 g/mol. The molecule has 0 aliphatic heterocycles. The number of benzene rings is 3.